The van der Waals surface area contributed by atoms with E-state index in [9.17, 15) is 13.2 Å². The molecule has 6 nitrogen and oxygen atoms in total. The van der Waals surface area contributed by atoms with Gasteiger partial charge in [0.15, 0.2) is 24.1 Å². The predicted molar refractivity (Wildman–Crippen MR) is 118 cm³/mol. The number of rotatable bonds is 7. The molecule has 0 aliphatic carbocycles. The first-order valence-corrected chi connectivity index (χ1v) is 9.05. The molecule has 0 bridgehead atoms. The maximum Gasteiger partial charge on any atom is 0.422 e. The van der Waals surface area contributed by atoms with Gasteiger partial charge in [-0.25, -0.2) is 0 Å². The van der Waals surface area contributed by atoms with Crippen molar-refractivity contribution in [1.82, 2.24) is 10.6 Å². The highest BCUT2D eigenvalue weighted by atomic mass is 127. The normalized spacial score (nSPS) is 12.9. The van der Waals surface area contributed by atoms with Gasteiger partial charge in [-0.15, -0.1) is 24.0 Å². The minimum Gasteiger partial charge on any atom is -0.484 e. The van der Waals surface area contributed by atoms with Crippen molar-refractivity contribution in [3.63, 3.8) is 0 Å². The van der Waals surface area contributed by atoms with Gasteiger partial charge in [0.2, 0.25) is 6.79 Å². The molecule has 0 atom stereocenters. The van der Waals surface area contributed by atoms with Gasteiger partial charge in [0, 0.05) is 25.7 Å². The molecule has 2 N–H and O–H groups in total. The number of ether oxygens (including phenoxy) is 3. The Kier molecular flexibility index (Phi) is 8.88. The summed E-state index contributed by atoms with van der Waals surface area (Å²) < 4.78 is 52.8. The molecule has 0 unspecified atom stereocenters. The number of para-hydroxylation sites is 1. The molecule has 0 radical (unpaired) electrons. The molecule has 0 spiro atoms. The Balaban J connectivity index is 0.00000320. The topological polar surface area (TPSA) is 64.1 Å². The number of nitrogens with zero attached hydrogens (tertiary/aromatic N) is 1. The number of guanidine groups is 1. The zero-order valence-electron chi connectivity index (χ0n) is 16.3. The summed E-state index contributed by atoms with van der Waals surface area (Å²) in [6.45, 7) is -0.197. The number of halogens is 4. The molecule has 1 aliphatic rings. The number of aliphatic imine (C=N–C) groups is 1. The lowest BCUT2D eigenvalue weighted by molar-refractivity contribution is -0.153. The number of nitrogens with one attached hydrogen (secondary N) is 2. The van der Waals surface area contributed by atoms with Gasteiger partial charge in [0.25, 0.3) is 0 Å². The SMILES string of the molecule is CN=C(NCCc1ccc2c(c1)OCO2)NCc1ccccc1OCC(F)(F)F.I. The van der Waals surface area contributed by atoms with Crippen molar-refractivity contribution in [3.05, 3.63) is 53.6 Å². The van der Waals surface area contributed by atoms with Crippen molar-refractivity contribution in [2.24, 2.45) is 4.99 Å². The van der Waals surface area contributed by atoms with Gasteiger partial charge in [-0.1, -0.05) is 24.3 Å². The zero-order valence-corrected chi connectivity index (χ0v) is 18.6. The van der Waals surface area contributed by atoms with Gasteiger partial charge < -0.3 is 24.8 Å². The summed E-state index contributed by atoms with van der Waals surface area (Å²) in [6.07, 6.45) is -3.64. The summed E-state index contributed by atoms with van der Waals surface area (Å²) in [5.41, 5.74) is 1.69. The van der Waals surface area contributed by atoms with E-state index in [-0.39, 0.29) is 43.1 Å². The van der Waals surface area contributed by atoms with Crippen LogP contribution in [0.5, 0.6) is 17.2 Å². The summed E-state index contributed by atoms with van der Waals surface area (Å²) in [4.78, 5) is 4.14. The summed E-state index contributed by atoms with van der Waals surface area (Å²) in [5, 5.41) is 6.26. The molecule has 0 fully saturated rings. The quantitative estimate of drug-likeness (QED) is 0.319. The second-order valence-electron chi connectivity index (χ2n) is 6.30. The average molecular weight is 537 g/mol. The van der Waals surface area contributed by atoms with E-state index in [1.807, 2.05) is 18.2 Å². The van der Waals surface area contributed by atoms with Gasteiger partial charge in [-0.2, -0.15) is 13.2 Å². The number of hydrogen-bond acceptors (Lipinski definition) is 4. The van der Waals surface area contributed by atoms with Crippen LogP contribution in [0.25, 0.3) is 0 Å². The van der Waals surface area contributed by atoms with Crippen LogP contribution >= 0.6 is 24.0 Å². The highest BCUT2D eigenvalue weighted by Gasteiger charge is 2.28. The van der Waals surface area contributed by atoms with Crippen LogP contribution in [-0.2, 0) is 13.0 Å². The van der Waals surface area contributed by atoms with Crippen LogP contribution in [0.15, 0.2) is 47.5 Å². The summed E-state index contributed by atoms with van der Waals surface area (Å²) in [7, 11) is 1.63. The molecule has 0 amide bonds. The third-order valence-corrected chi connectivity index (χ3v) is 4.18. The Morgan fingerprint density at radius 3 is 2.63 bits per heavy atom. The molecule has 30 heavy (non-hydrogen) atoms. The maximum absolute atomic E-state index is 12.4. The van der Waals surface area contributed by atoms with Gasteiger partial charge >= 0.3 is 6.18 Å². The van der Waals surface area contributed by atoms with E-state index >= 15 is 0 Å². The molecule has 2 aromatic carbocycles. The zero-order chi connectivity index (χ0) is 20.7. The first-order chi connectivity index (χ1) is 13.9. The summed E-state index contributed by atoms with van der Waals surface area (Å²) >= 11 is 0. The van der Waals surface area contributed by atoms with Gasteiger partial charge in [0.05, 0.1) is 0 Å². The van der Waals surface area contributed by atoms with E-state index in [1.54, 1.807) is 25.2 Å². The van der Waals surface area contributed by atoms with Crippen LogP contribution in [0.1, 0.15) is 11.1 Å². The molecule has 0 aromatic heterocycles. The largest absolute Gasteiger partial charge is 0.484 e. The van der Waals surface area contributed by atoms with Gasteiger partial charge in [-0.3, -0.25) is 4.99 Å². The van der Waals surface area contributed by atoms with Gasteiger partial charge in [0.1, 0.15) is 5.75 Å². The van der Waals surface area contributed by atoms with E-state index < -0.39 is 12.8 Å². The molecule has 164 valence electrons. The number of benzene rings is 2. The second-order valence-corrected chi connectivity index (χ2v) is 6.30. The minimum absolute atomic E-state index is 0. The smallest absolute Gasteiger partial charge is 0.422 e. The first-order valence-electron chi connectivity index (χ1n) is 9.05. The summed E-state index contributed by atoms with van der Waals surface area (Å²) in [5.74, 6) is 2.20. The fourth-order valence-electron chi connectivity index (χ4n) is 2.77. The molecule has 0 saturated carbocycles. The third-order valence-electron chi connectivity index (χ3n) is 4.18. The molecule has 1 heterocycles. The van der Waals surface area contributed by atoms with E-state index in [4.69, 9.17) is 14.2 Å². The fraction of sp³-hybridized carbons (Fsp3) is 0.350. The standard InChI is InChI=1S/C20H22F3N3O3.HI/c1-24-19(25-9-8-14-6-7-17-18(10-14)29-13-28-17)26-11-15-4-2-3-5-16(15)27-12-20(21,22)23;/h2-7,10H,8-9,11-13H2,1H3,(H2,24,25,26);1H. The number of fused-ring (bicyclic) bond motifs is 1. The van der Waals surface area contributed by atoms with Crippen molar-refractivity contribution in [2.45, 2.75) is 19.1 Å². The predicted octanol–water partition coefficient (Wildman–Crippen LogP) is 3.88. The Morgan fingerprint density at radius 1 is 1.10 bits per heavy atom. The molecular formula is C20H23F3IN3O3. The molecule has 0 saturated heterocycles. The Labute approximate surface area is 189 Å². The average Bonchev–Trinajstić information content (AvgIpc) is 3.17. The van der Waals surface area contributed by atoms with Crippen molar-refractivity contribution >= 4 is 29.9 Å². The molecule has 10 heteroatoms. The van der Waals surface area contributed by atoms with Crippen LogP contribution < -0.4 is 24.8 Å². The van der Waals surface area contributed by atoms with E-state index in [2.05, 4.69) is 15.6 Å². The van der Waals surface area contributed by atoms with Crippen LogP contribution in [-0.4, -0.2) is 39.1 Å². The third kappa shape index (κ3) is 7.15. The number of hydrogen-bond donors (Lipinski definition) is 2. The van der Waals surface area contributed by atoms with E-state index in [0.717, 1.165) is 23.5 Å². The lowest BCUT2D eigenvalue weighted by Gasteiger charge is -2.15. The lowest BCUT2D eigenvalue weighted by atomic mass is 10.1. The first kappa shape index (κ1) is 23.9. The van der Waals surface area contributed by atoms with Crippen molar-refractivity contribution in [2.75, 3.05) is 27.0 Å². The molecule has 3 rings (SSSR count). The second kappa shape index (κ2) is 11.1. The Bertz CT molecular complexity index is 863. The maximum atomic E-state index is 12.4. The monoisotopic (exact) mass is 537 g/mol. The fourth-order valence-corrected chi connectivity index (χ4v) is 2.77. The lowest BCUT2D eigenvalue weighted by Crippen LogP contribution is -2.38. The van der Waals surface area contributed by atoms with Gasteiger partial charge in [-0.05, 0) is 30.2 Å². The number of alkyl halides is 3. The van der Waals surface area contributed by atoms with Crippen molar-refractivity contribution in [1.29, 1.82) is 0 Å². The Hall–Kier alpha value is -2.37. The van der Waals surface area contributed by atoms with Crippen LogP contribution in [0, 0.1) is 0 Å². The minimum atomic E-state index is -4.38. The molecule has 1 aliphatic heterocycles. The van der Waals surface area contributed by atoms with Crippen molar-refractivity contribution in [3.8, 4) is 17.2 Å². The Morgan fingerprint density at radius 2 is 1.87 bits per heavy atom. The highest BCUT2D eigenvalue weighted by Crippen LogP contribution is 2.32. The van der Waals surface area contributed by atoms with E-state index in [0.29, 0.717) is 18.1 Å². The van der Waals surface area contributed by atoms with Crippen molar-refractivity contribution < 1.29 is 27.4 Å². The molecule has 2 aromatic rings. The van der Waals surface area contributed by atoms with Crippen LogP contribution in [0.2, 0.25) is 0 Å². The van der Waals surface area contributed by atoms with E-state index in [1.165, 1.54) is 6.07 Å². The van der Waals surface area contributed by atoms with Crippen LogP contribution in [0.4, 0.5) is 13.2 Å². The molecular weight excluding hydrogens is 514 g/mol. The van der Waals surface area contributed by atoms with Crippen LogP contribution in [0.3, 0.4) is 0 Å². The highest BCUT2D eigenvalue weighted by molar-refractivity contribution is 14.0. The summed E-state index contributed by atoms with van der Waals surface area (Å²) in [6, 6.07) is 12.4.